The van der Waals surface area contributed by atoms with Gasteiger partial charge in [0.1, 0.15) is 0 Å². The fourth-order valence-corrected chi connectivity index (χ4v) is 20.7. The van der Waals surface area contributed by atoms with Crippen LogP contribution in [0.3, 0.4) is 0 Å². The summed E-state index contributed by atoms with van der Waals surface area (Å²) in [6.07, 6.45) is 0. The van der Waals surface area contributed by atoms with Gasteiger partial charge < -0.3 is 18.3 Å². The Balaban J connectivity index is 0.657. The molecule has 0 atom stereocenters. The second-order valence-electron chi connectivity index (χ2n) is 35.2. The van der Waals surface area contributed by atoms with Crippen LogP contribution >= 0.6 is 0 Å². The molecule has 0 aliphatic rings. The zero-order valence-corrected chi connectivity index (χ0v) is 75.0. The minimum Gasteiger partial charge on any atom is -0.309 e. The molecule has 12 heteroatoms. The predicted octanol–water partition coefficient (Wildman–Crippen LogP) is 31.5. The Kier molecular flexibility index (Phi) is 19.7. The van der Waals surface area contributed by atoms with Crippen LogP contribution in [0.15, 0.2) is 443 Å². The van der Waals surface area contributed by atoms with Gasteiger partial charge >= 0.3 is 0 Å². The summed E-state index contributed by atoms with van der Waals surface area (Å²) >= 11 is 0. The Hall–Kier alpha value is -19.5. The van der Waals surface area contributed by atoms with Crippen molar-refractivity contribution in [3.63, 3.8) is 0 Å². The summed E-state index contributed by atoms with van der Waals surface area (Å²) in [7, 11) is 0. The van der Waals surface area contributed by atoms with Crippen molar-refractivity contribution in [3.05, 3.63) is 471 Å². The molecule has 12 nitrogen and oxygen atoms in total. The molecular formula is C127H76N12. The number of hydrogen-bond acceptors (Lipinski definition) is 8. The average Bonchev–Trinajstić information content (AvgIpc) is 1.55. The number of aromatic nitrogens is 8. The quantitative estimate of drug-likeness (QED) is 0.0921. The number of nitriles is 4. The van der Waals surface area contributed by atoms with Gasteiger partial charge in [0.05, 0.1) is 125 Å². The second kappa shape index (κ2) is 33.6. The van der Waals surface area contributed by atoms with E-state index in [0.717, 1.165) is 238 Å². The maximum absolute atomic E-state index is 10.4. The number of nitrogens with zero attached hydrogens (tertiary/aromatic N) is 12. The Labute approximate surface area is 800 Å². The van der Waals surface area contributed by atoms with Crippen LogP contribution in [-0.4, -0.2) is 38.2 Å². The second-order valence-corrected chi connectivity index (χ2v) is 35.2. The Morgan fingerprint density at radius 3 is 0.727 bits per heavy atom. The third-order valence-electron chi connectivity index (χ3n) is 27.3. The number of benzene rings is 19. The van der Waals surface area contributed by atoms with Crippen molar-refractivity contribution in [2.45, 2.75) is 6.92 Å². The molecule has 0 N–H and O–H groups in total. The molecule has 0 spiro atoms. The molecule has 139 heavy (non-hydrogen) atoms. The summed E-state index contributed by atoms with van der Waals surface area (Å²) in [5.41, 5.74) is 35.2. The van der Waals surface area contributed by atoms with Crippen molar-refractivity contribution >= 4 is 87.2 Å². The van der Waals surface area contributed by atoms with Gasteiger partial charge in [0.15, 0.2) is 11.6 Å². The van der Waals surface area contributed by atoms with Crippen LogP contribution in [0.1, 0.15) is 27.8 Å². The topological polar surface area (TPSA) is 166 Å². The van der Waals surface area contributed by atoms with E-state index in [0.29, 0.717) is 33.9 Å². The first-order chi connectivity index (χ1) is 68.6. The summed E-state index contributed by atoms with van der Waals surface area (Å²) in [5.74, 6) is 1.07. The van der Waals surface area contributed by atoms with E-state index in [2.05, 4.69) is 322 Å². The summed E-state index contributed by atoms with van der Waals surface area (Å²) in [5, 5.41) is 50.1. The SMILES string of the molecule is Cc1c(-c2ccc3c(c2)c2ccccc2n3-c2ccc3c(c2)c2cc(-n4c5ccccc5c5ccccc54)ccc2n3-c2c(-c3ccc(C#N)cc3)cc(-c3nc(-c4ccccc4)cc(-c4ccccc4)n3)cc2-c2ccc(C#N)cc2)cccc1-c1ccc2c(c1)c1ccccc1n2-c1c(-c2ccc(C#N)cc2)cc(-c2nc(-c3ccccc3)cc(-c3ccccc3)n2)cc1-c1ccc(C#N)cc1. The largest absolute Gasteiger partial charge is 0.309 e. The van der Waals surface area contributed by atoms with Gasteiger partial charge in [-0.15, -0.1) is 0 Å². The fourth-order valence-electron chi connectivity index (χ4n) is 20.7. The monoisotopic (exact) mass is 1770 g/mol. The highest BCUT2D eigenvalue weighted by Crippen LogP contribution is 2.50. The average molecular weight is 1770 g/mol. The Morgan fingerprint density at radius 1 is 0.180 bits per heavy atom. The van der Waals surface area contributed by atoms with E-state index in [4.69, 9.17) is 19.9 Å². The molecule has 19 aromatic carbocycles. The van der Waals surface area contributed by atoms with E-state index < -0.39 is 0 Å². The molecule has 0 amide bonds. The molecule has 0 fully saturated rings. The first kappa shape index (κ1) is 81.5. The number of fused-ring (bicyclic) bond motifs is 12. The summed E-state index contributed by atoms with van der Waals surface area (Å²) in [6, 6.07) is 164. The molecule has 0 unspecified atom stereocenters. The van der Waals surface area contributed by atoms with Gasteiger partial charge in [-0.2, -0.15) is 21.0 Å². The van der Waals surface area contributed by atoms with Crippen LogP contribution in [-0.2, 0) is 0 Å². The third-order valence-corrected chi connectivity index (χ3v) is 27.3. The minimum absolute atomic E-state index is 0.531. The highest BCUT2D eigenvalue weighted by molar-refractivity contribution is 6.17. The fraction of sp³-hybridized carbons (Fsp3) is 0.00787. The molecule has 0 bridgehead atoms. The molecule has 0 saturated carbocycles. The highest BCUT2D eigenvalue weighted by atomic mass is 15.0. The van der Waals surface area contributed by atoms with Crippen molar-refractivity contribution < 1.29 is 0 Å². The van der Waals surface area contributed by atoms with Crippen molar-refractivity contribution in [3.8, 4) is 182 Å². The van der Waals surface area contributed by atoms with Gasteiger partial charge in [0, 0.05) is 110 Å². The lowest BCUT2D eigenvalue weighted by molar-refractivity contribution is 1.15. The predicted molar refractivity (Wildman–Crippen MR) is 564 cm³/mol. The maximum Gasteiger partial charge on any atom is 0.160 e. The van der Waals surface area contributed by atoms with E-state index in [1.54, 1.807) is 0 Å². The summed E-state index contributed by atoms with van der Waals surface area (Å²) < 4.78 is 9.62. The van der Waals surface area contributed by atoms with Gasteiger partial charge in [0.2, 0.25) is 0 Å². The van der Waals surface area contributed by atoms with Crippen LogP contribution in [0.25, 0.3) is 245 Å². The molecule has 644 valence electrons. The number of para-hydroxylation sites is 4. The van der Waals surface area contributed by atoms with Gasteiger partial charge in [-0.05, 0) is 227 Å². The summed E-state index contributed by atoms with van der Waals surface area (Å²) in [6.45, 7) is 2.25. The first-order valence-corrected chi connectivity index (χ1v) is 46.3. The highest BCUT2D eigenvalue weighted by Gasteiger charge is 2.29. The molecule has 0 aliphatic carbocycles. The third kappa shape index (κ3) is 14.0. The van der Waals surface area contributed by atoms with Crippen LogP contribution in [0.2, 0.25) is 0 Å². The van der Waals surface area contributed by atoms with Crippen molar-refractivity contribution in [1.82, 2.24) is 38.2 Å². The molecule has 0 saturated heterocycles. The number of rotatable bonds is 16. The van der Waals surface area contributed by atoms with Gasteiger partial charge in [-0.1, -0.05) is 273 Å². The van der Waals surface area contributed by atoms with Crippen molar-refractivity contribution in [2.75, 3.05) is 0 Å². The molecule has 6 aromatic heterocycles. The van der Waals surface area contributed by atoms with Crippen LogP contribution in [0.4, 0.5) is 0 Å². The Bertz CT molecular complexity index is 9190. The lowest BCUT2D eigenvalue weighted by Gasteiger charge is -2.21. The van der Waals surface area contributed by atoms with E-state index in [9.17, 15) is 21.0 Å². The van der Waals surface area contributed by atoms with Crippen molar-refractivity contribution in [1.29, 1.82) is 21.0 Å². The van der Waals surface area contributed by atoms with Gasteiger partial charge in [-0.3, -0.25) is 0 Å². The van der Waals surface area contributed by atoms with Crippen molar-refractivity contribution in [2.24, 2.45) is 0 Å². The Morgan fingerprint density at radius 2 is 0.424 bits per heavy atom. The molecular weight excluding hydrogens is 1690 g/mol. The zero-order chi connectivity index (χ0) is 92.9. The molecule has 25 aromatic rings. The normalized spacial score (nSPS) is 11.5. The standard InChI is InChI=1S/C127H76N12/c1-79-98(35-22-36-99(79)93-58-62-121-109(66-93)103-34-17-21-40-119(103)138(121)124-104(84-49-41-80(75-128)42-50-84)67-94(68-105(124)85-51-43-81(76-129)44-52-85)126-132-112(88-23-6-2-7-24-88)73-113(133-126)89-25-8-3-9-26-89)92-57-61-120-108(65-92)102-33-16-20-39-118(102)137(120)97-60-64-123-111(72-97)110-71-96(136-116-37-18-14-31-100(116)101-32-15-19-38-117(101)136)59-63-122(110)139(123)125-106(86-53-45-82(77-130)46-54-86)69-95(70-107(125)87-55-47-83(78-131)48-56-87)127-134-114(90-27-10-4-11-28-90)74-115(135-127)91-29-12-5-13-30-91/h2-74H,1H3. The molecule has 6 heterocycles. The van der Waals surface area contributed by atoms with Crippen LogP contribution in [0, 0.1) is 52.2 Å². The van der Waals surface area contributed by atoms with E-state index in [-0.39, 0.29) is 0 Å². The number of hydrogen-bond donors (Lipinski definition) is 0. The lowest BCUT2D eigenvalue weighted by atomic mass is 9.91. The zero-order valence-electron chi connectivity index (χ0n) is 75.0. The first-order valence-electron chi connectivity index (χ1n) is 46.3. The maximum atomic E-state index is 10.4. The van der Waals surface area contributed by atoms with E-state index >= 15 is 0 Å². The van der Waals surface area contributed by atoms with Crippen LogP contribution in [0.5, 0.6) is 0 Å². The molecule has 25 rings (SSSR count). The van der Waals surface area contributed by atoms with E-state index in [1.165, 1.54) is 0 Å². The molecule has 0 radical (unpaired) electrons. The van der Waals surface area contributed by atoms with Gasteiger partial charge in [-0.25, -0.2) is 19.9 Å². The van der Waals surface area contributed by atoms with Gasteiger partial charge in [0.25, 0.3) is 0 Å². The summed E-state index contributed by atoms with van der Waals surface area (Å²) in [4.78, 5) is 21.7. The van der Waals surface area contributed by atoms with E-state index in [1.807, 2.05) is 170 Å². The van der Waals surface area contributed by atoms with Crippen LogP contribution < -0.4 is 0 Å². The molecule has 0 aliphatic heterocycles. The smallest absolute Gasteiger partial charge is 0.160 e. The minimum atomic E-state index is 0.531. The lowest BCUT2D eigenvalue weighted by Crippen LogP contribution is -2.03.